The van der Waals surface area contributed by atoms with Crippen LogP contribution in [0.2, 0.25) is 0 Å². The first kappa shape index (κ1) is 21.3. The Kier molecular flexibility index (Phi) is 5.41. The molecule has 8 heteroatoms. The van der Waals surface area contributed by atoms with Gasteiger partial charge in [0.25, 0.3) is 11.9 Å². The van der Waals surface area contributed by atoms with Gasteiger partial charge in [0, 0.05) is 11.8 Å². The number of aryl methyl sites for hydroxylation is 2. The third-order valence-corrected chi connectivity index (χ3v) is 6.52. The minimum absolute atomic E-state index is 0.226. The number of benzene rings is 2. The topological polar surface area (TPSA) is 91.2 Å². The van der Waals surface area contributed by atoms with E-state index in [1.165, 1.54) is 5.56 Å². The number of hydrogen-bond acceptors (Lipinski definition) is 6. The Balaban J connectivity index is 1.21. The number of carbonyl (C=O) groups excluding carboxylic acids is 1. The molecule has 0 fully saturated rings. The zero-order chi connectivity index (χ0) is 23.8. The number of amides is 1. The van der Waals surface area contributed by atoms with Crippen LogP contribution in [0.15, 0.2) is 60.9 Å². The first-order chi connectivity index (χ1) is 17.2. The van der Waals surface area contributed by atoms with Gasteiger partial charge in [-0.1, -0.05) is 36.4 Å². The van der Waals surface area contributed by atoms with Crippen LogP contribution in [0.5, 0.6) is 11.5 Å². The van der Waals surface area contributed by atoms with Crippen LogP contribution in [0.3, 0.4) is 0 Å². The van der Waals surface area contributed by atoms with E-state index >= 15 is 0 Å². The molecule has 6 rings (SSSR count). The molecule has 3 heterocycles. The molecule has 0 bridgehead atoms. The van der Waals surface area contributed by atoms with Gasteiger partial charge < -0.3 is 14.8 Å². The molecule has 0 saturated heterocycles. The molecule has 1 aliphatic carbocycles. The summed E-state index contributed by atoms with van der Waals surface area (Å²) >= 11 is 0. The average molecular weight is 468 g/mol. The Labute approximate surface area is 202 Å². The second-order valence-corrected chi connectivity index (χ2v) is 8.82. The molecule has 35 heavy (non-hydrogen) atoms. The maximum Gasteiger partial charge on any atom is 0.254 e. The summed E-state index contributed by atoms with van der Waals surface area (Å²) < 4.78 is 13.3. The lowest BCUT2D eigenvalue weighted by atomic mass is 10.0. The largest absolute Gasteiger partial charge is 0.486 e. The maximum atomic E-state index is 12.9. The zero-order valence-electron chi connectivity index (χ0n) is 19.4. The van der Waals surface area contributed by atoms with Gasteiger partial charge in [-0.3, -0.25) is 4.79 Å². The lowest BCUT2D eigenvalue weighted by Gasteiger charge is -2.26. The van der Waals surface area contributed by atoms with E-state index in [9.17, 15) is 4.79 Å². The number of rotatable bonds is 4. The van der Waals surface area contributed by atoms with E-state index in [1.54, 1.807) is 10.9 Å². The SMILES string of the molecule is Cc1c(C(=O)NCC2COc3ccccc3O2)cnn1-c1ncc2c(n1)-c1ccccc1CCC2. The molecule has 2 aromatic heterocycles. The van der Waals surface area contributed by atoms with Crippen LogP contribution in [0.25, 0.3) is 17.2 Å². The van der Waals surface area contributed by atoms with Gasteiger partial charge in [0.2, 0.25) is 0 Å². The Morgan fingerprint density at radius 1 is 1.06 bits per heavy atom. The van der Waals surface area contributed by atoms with Crippen molar-refractivity contribution in [3.05, 3.63) is 83.3 Å². The highest BCUT2D eigenvalue weighted by Crippen LogP contribution is 2.32. The van der Waals surface area contributed by atoms with Crippen molar-refractivity contribution in [2.45, 2.75) is 32.3 Å². The quantitative estimate of drug-likeness (QED) is 0.492. The van der Waals surface area contributed by atoms with Crippen LogP contribution in [0.4, 0.5) is 0 Å². The fourth-order valence-electron chi connectivity index (χ4n) is 4.65. The summed E-state index contributed by atoms with van der Waals surface area (Å²) in [6, 6.07) is 15.9. The number of hydrogen-bond donors (Lipinski definition) is 1. The second kappa shape index (κ2) is 8.87. The maximum absolute atomic E-state index is 12.9. The molecule has 0 saturated carbocycles. The van der Waals surface area contributed by atoms with Crippen LogP contribution in [0, 0.1) is 6.92 Å². The van der Waals surface area contributed by atoms with Crippen molar-refractivity contribution in [1.29, 1.82) is 0 Å². The zero-order valence-corrected chi connectivity index (χ0v) is 19.4. The molecule has 1 atom stereocenters. The molecule has 4 aromatic rings. The number of carbonyl (C=O) groups is 1. The van der Waals surface area contributed by atoms with Gasteiger partial charge in [0.15, 0.2) is 11.5 Å². The lowest BCUT2D eigenvalue weighted by molar-refractivity contribution is 0.0789. The van der Waals surface area contributed by atoms with Gasteiger partial charge in [0.1, 0.15) is 12.7 Å². The summed E-state index contributed by atoms with van der Waals surface area (Å²) in [5, 5.41) is 7.37. The van der Waals surface area contributed by atoms with Gasteiger partial charge >= 0.3 is 0 Å². The van der Waals surface area contributed by atoms with E-state index in [2.05, 4.69) is 33.6 Å². The normalized spacial score (nSPS) is 16.1. The van der Waals surface area contributed by atoms with Crippen molar-refractivity contribution in [2.75, 3.05) is 13.2 Å². The highest BCUT2D eigenvalue weighted by atomic mass is 16.6. The molecule has 0 spiro atoms. The Hall–Kier alpha value is -4.20. The summed E-state index contributed by atoms with van der Waals surface area (Å²) in [5.41, 5.74) is 5.67. The Morgan fingerprint density at radius 2 is 1.86 bits per heavy atom. The van der Waals surface area contributed by atoms with Crippen LogP contribution in [-0.2, 0) is 12.8 Å². The minimum atomic E-state index is -0.266. The number of para-hydroxylation sites is 2. The molecule has 2 aliphatic rings. The summed E-state index contributed by atoms with van der Waals surface area (Å²) in [6.45, 7) is 2.55. The molecule has 176 valence electrons. The van der Waals surface area contributed by atoms with Crippen LogP contribution in [-0.4, -0.2) is 44.9 Å². The average Bonchev–Trinajstić information content (AvgIpc) is 3.18. The minimum Gasteiger partial charge on any atom is -0.486 e. The first-order valence-corrected chi connectivity index (χ1v) is 11.8. The summed E-state index contributed by atoms with van der Waals surface area (Å²) in [6.07, 6.45) is 6.21. The van der Waals surface area contributed by atoms with Crippen LogP contribution in [0.1, 0.15) is 33.6 Å². The number of nitrogens with zero attached hydrogens (tertiary/aromatic N) is 4. The molecular formula is C27H25N5O3. The summed E-state index contributed by atoms with van der Waals surface area (Å²) in [7, 11) is 0. The molecule has 1 aliphatic heterocycles. The van der Waals surface area contributed by atoms with E-state index in [4.69, 9.17) is 14.5 Å². The van der Waals surface area contributed by atoms with Gasteiger partial charge in [0.05, 0.1) is 29.7 Å². The molecule has 1 N–H and O–H groups in total. The van der Waals surface area contributed by atoms with Gasteiger partial charge in [-0.15, -0.1) is 0 Å². The van der Waals surface area contributed by atoms with Crippen LogP contribution < -0.4 is 14.8 Å². The van der Waals surface area contributed by atoms with Crippen molar-refractivity contribution in [3.8, 4) is 28.7 Å². The smallest absolute Gasteiger partial charge is 0.254 e. The van der Waals surface area contributed by atoms with Crippen molar-refractivity contribution in [2.24, 2.45) is 0 Å². The van der Waals surface area contributed by atoms with Crippen molar-refractivity contribution in [3.63, 3.8) is 0 Å². The predicted octanol–water partition coefficient (Wildman–Crippen LogP) is 3.70. The molecule has 1 unspecified atom stereocenters. The third kappa shape index (κ3) is 4.01. The highest BCUT2D eigenvalue weighted by Gasteiger charge is 2.23. The predicted molar refractivity (Wildman–Crippen MR) is 130 cm³/mol. The number of fused-ring (bicyclic) bond motifs is 4. The van der Waals surface area contributed by atoms with Crippen molar-refractivity contribution >= 4 is 5.91 Å². The number of nitrogens with one attached hydrogen (secondary N) is 1. The van der Waals surface area contributed by atoms with E-state index in [0.717, 1.165) is 41.8 Å². The van der Waals surface area contributed by atoms with Gasteiger partial charge in [-0.05, 0) is 49.4 Å². The fourth-order valence-corrected chi connectivity index (χ4v) is 4.65. The molecule has 8 nitrogen and oxygen atoms in total. The lowest BCUT2D eigenvalue weighted by Crippen LogP contribution is -2.40. The van der Waals surface area contributed by atoms with E-state index in [-0.39, 0.29) is 12.0 Å². The van der Waals surface area contributed by atoms with Crippen LogP contribution >= 0.6 is 0 Å². The van der Waals surface area contributed by atoms with Gasteiger partial charge in [-0.25, -0.2) is 14.6 Å². The van der Waals surface area contributed by atoms with Crippen molar-refractivity contribution < 1.29 is 14.3 Å². The van der Waals surface area contributed by atoms with E-state index in [1.807, 2.05) is 43.5 Å². The standard InChI is InChI=1S/C27H25N5O3/c1-17-22(26(33)28-14-20-16-34-23-11-4-5-12-24(23)35-20)15-30-32(17)27-29-13-19-9-6-8-18-7-2-3-10-21(18)25(19)31-27/h2-5,7,10-13,15,20H,6,8-9,14,16H2,1H3,(H,28,33). The molecule has 1 amide bonds. The fraction of sp³-hybridized carbons (Fsp3) is 0.259. The van der Waals surface area contributed by atoms with E-state index in [0.29, 0.717) is 36.1 Å². The molecule has 0 radical (unpaired) electrons. The third-order valence-electron chi connectivity index (χ3n) is 6.52. The molecule has 2 aromatic carbocycles. The van der Waals surface area contributed by atoms with E-state index < -0.39 is 0 Å². The second-order valence-electron chi connectivity index (χ2n) is 8.82. The summed E-state index contributed by atoms with van der Waals surface area (Å²) in [5.74, 6) is 1.63. The van der Waals surface area contributed by atoms with Gasteiger partial charge in [-0.2, -0.15) is 5.10 Å². The monoisotopic (exact) mass is 467 g/mol. The van der Waals surface area contributed by atoms with Crippen molar-refractivity contribution in [1.82, 2.24) is 25.1 Å². The summed E-state index contributed by atoms with van der Waals surface area (Å²) in [4.78, 5) is 22.4. The Bertz CT molecular complexity index is 1410. The number of aromatic nitrogens is 4. The number of ether oxygens (including phenoxy) is 2. The highest BCUT2D eigenvalue weighted by molar-refractivity contribution is 5.95. The first-order valence-electron chi connectivity index (χ1n) is 11.8. The molecular weight excluding hydrogens is 442 g/mol. The Morgan fingerprint density at radius 3 is 2.77 bits per heavy atom.